The number of rotatable bonds is 2. The van der Waals surface area contributed by atoms with Crippen LogP contribution in [0.1, 0.15) is 0 Å². The van der Waals surface area contributed by atoms with Crippen molar-refractivity contribution in [1.29, 1.82) is 0 Å². The predicted molar refractivity (Wildman–Crippen MR) is 59.8 cm³/mol. The molecule has 0 saturated heterocycles. The van der Waals surface area contributed by atoms with Gasteiger partial charge in [0.15, 0.2) is 5.16 Å². The van der Waals surface area contributed by atoms with Crippen LogP contribution in [0.25, 0.3) is 0 Å². The maximum atomic E-state index is 13.4. The van der Waals surface area contributed by atoms with Crippen LogP contribution in [-0.4, -0.2) is 9.97 Å². The van der Waals surface area contributed by atoms with E-state index < -0.39 is 17.2 Å². The third kappa shape index (κ3) is 2.62. The average Bonchev–Trinajstić information content (AvgIpc) is 2.23. The molecule has 0 radical (unpaired) electrons. The molecule has 0 aliphatic heterocycles. The number of nitrogen functional groups attached to an aromatic ring is 1. The van der Waals surface area contributed by atoms with Crippen molar-refractivity contribution in [3.8, 4) is 0 Å². The van der Waals surface area contributed by atoms with Crippen LogP contribution in [0.2, 0.25) is 0 Å². The molecule has 0 fully saturated rings. The van der Waals surface area contributed by atoms with E-state index >= 15 is 0 Å². The Hall–Kier alpha value is -1.89. The molecule has 7 heteroatoms. The molecule has 3 N–H and O–H groups in total. The summed E-state index contributed by atoms with van der Waals surface area (Å²) in [7, 11) is 0. The van der Waals surface area contributed by atoms with Gasteiger partial charge in [0, 0.05) is 18.0 Å². The van der Waals surface area contributed by atoms with Crippen LogP contribution >= 0.6 is 11.8 Å². The molecule has 0 bridgehead atoms. The topological polar surface area (TPSA) is 71.8 Å². The Morgan fingerprint density at radius 1 is 1.29 bits per heavy atom. The number of aromatic nitrogens is 2. The molecule has 0 aliphatic rings. The summed E-state index contributed by atoms with van der Waals surface area (Å²) in [5, 5.41) is 0.111. The summed E-state index contributed by atoms with van der Waals surface area (Å²) in [5.41, 5.74) is 4.89. The van der Waals surface area contributed by atoms with Crippen LogP contribution < -0.4 is 11.3 Å². The molecule has 88 valence electrons. The van der Waals surface area contributed by atoms with E-state index in [4.69, 9.17) is 5.73 Å². The second-order valence-corrected chi connectivity index (χ2v) is 4.15. The number of nitrogens with two attached hydrogens (primary N) is 1. The van der Waals surface area contributed by atoms with Gasteiger partial charge in [0.2, 0.25) is 0 Å². The smallest absolute Gasteiger partial charge is 0.251 e. The molecule has 1 heterocycles. The molecular weight excluding hydrogens is 248 g/mol. The van der Waals surface area contributed by atoms with Crippen LogP contribution in [0, 0.1) is 11.6 Å². The molecule has 1 aromatic heterocycles. The summed E-state index contributed by atoms with van der Waals surface area (Å²) < 4.78 is 26.9. The van der Waals surface area contributed by atoms with Crippen LogP contribution in [0.5, 0.6) is 0 Å². The lowest BCUT2D eigenvalue weighted by atomic mass is 10.3. The van der Waals surface area contributed by atoms with Crippen LogP contribution in [-0.2, 0) is 0 Å². The summed E-state index contributed by atoms with van der Waals surface area (Å²) in [6, 6.07) is 3.22. The SMILES string of the molecule is Nc1cc(F)c(Sc2nccc(=O)[nH]2)c(F)c1. The van der Waals surface area contributed by atoms with Crippen LogP contribution in [0.3, 0.4) is 0 Å². The number of benzene rings is 1. The standard InChI is InChI=1S/C10H7F2N3OS/c11-6-3-5(13)4-7(12)9(6)17-10-14-2-1-8(16)15-10/h1-4H,13H2,(H,14,15,16). The third-order valence-corrected chi connectivity index (χ3v) is 2.86. The highest BCUT2D eigenvalue weighted by molar-refractivity contribution is 7.99. The number of halogens is 2. The molecule has 0 spiro atoms. The third-order valence-electron chi connectivity index (χ3n) is 1.87. The summed E-state index contributed by atoms with van der Waals surface area (Å²) in [5.74, 6) is -1.59. The predicted octanol–water partition coefficient (Wildman–Crippen LogP) is 1.78. The number of anilines is 1. The number of aromatic amines is 1. The minimum absolute atomic E-state index is 0.00105. The van der Waals surface area contributed by atoms with E-state index in [1.165, 1.54) is 12.3 Å². The van der Waals surface area contributed by atoms with Gasteiger partial charge < -0.3 is 10.7 Å². The summed E-state index contributed by atoms with van der Waals surface area (Å²) in [6.45, 7) is 0. The number of hydrogen-bond donors (Lipinski definition) is 2. The quantitative estimate of drug-likeness (QED) is 0.634. The molecule has 0 saturated carbocycles. The molecule has 0 amide bonds. The van der Waals surface area contributed by atoms with Crippen molar-refractivity contribution in [2.75, 3.05) is 5.73 Å². The van der Waals surface area contributed by atoms with Gasteiger partial charge in [-0.1, -0.05) is 0 Å². The Kier molecular flexibility index (Phi) is 3.10. The van der Waals surface area contributed by atoms with Crippen molar-refractivity contribution in [2.24, 2.45) is 0 Å². The van der Waals surface area contributed by atoms with Crippen molar-refractivity contribution in [3.63, 3.8) is 0 Å². The van der Waals surface area contributed by atoms with E-state index in [1.807, 2.05) is 0 Å². The highest BCUT2D eigenvalue weighted by Gasteiger charge is 2.13. The molecule has 2 rings (SSSR count). The Bertz CT molecular complexity index is 591. The fourth-order valence-corrected chi connectivity index (χ4v) is 1.95. The molecule has 17 heavy (non-hydrogen) atoms. The van der Waals surface area contributed by atoms with E-state index in [1.54, 1.807) is 0 Å². The van der Waals surface area contributed by atoms with Crippen molar-refractivity contribution in [3.05, 3.63) is 46.4 Å². The van der Waals surface area contributed by atoms with Crippen molar-refractivity contribution in [2.45, 2.75) is 10.1 Å². The number of nitrogens with one attached hydrogen (secondary N) is 1. The van der Waals surface area contributed by atoms with E-state index in [2.05, 4.69) is 9.97 Å². The zero-order valence-electron chi connectivity index (χ0n) is 8.41. The molecule has 0 atom stereocenters. The normalized spacial score (nSPS) is 10.5. The largest absolute Gasteiger partial charge is 0.399 e. The van der Waals surface area contributed by atoms with Crippen molar-refractivity contribution in [1.82, 2.24) is 9.97 Å². The van der Waals surface area contributed by atoms with Crippen molar-refractivity contribution >= 4 is 17.4 Å². The van der Waals surface area contributed by atoms with Gasteiger partial charge in [-0.2, -0.15) is 0 Å². The van der Waals surface area contributed by atoms with Gasteiger partial charge in [-0.15, -0.1) is 0 Å². The highest BCUT2D eigenvalue weighted by atomic mass is 32.2. The second-order valence-electron chi connectivity index (χ2n) is 3.15. The summed E-state index contributed by atoms with van der Waals surface area (Å²) >= 11 is 0.691. The van der Waals surface area contributed by atoms with E-state index in [9.17, 15) is 13.6 Å². The minimum atomic E-state index is -0.793. The van der Waals surface area contributed by atoms with Gasteiger partial charge in [0.25, 0.3) is 5.56 Å². The molecule has 1 aromatic carbocycles. The molecule has 2 aromatic rings. The average molecular weight is 255 g/mol. The Morgan fingerprint density at radius 3 is 2.53 bits per heavy atom. The first-order chi connectivity index (χ1) is 8.06. The molecular formula is C10H7F2N3OS. The van der Waals surface area contributed by atoms with Gasteiger partial charge in [-0.3, -0.25) is 4.79 Å². The first kappa shape index (κ1) is 11.6. The molecule has 4 nitrogen and oxygen atoms in total. The van der Waals surface area contributed by atoms with Gasteiger partial charge in [-0.25, -0.2) is 13.8 Å². The Balaban J connectivity index is 2.40. The fourth-order valence-electron chi connectivity index (χ4n) is 1.18. The Labute approximate surface area is 98.9 Å². The lowest BCUT2D eigenvalue weighted by Gasteiger charge is -2.04. The zero-order valence-corrected chi connectivity index (χ0v) is 9.22. The number of H-pyrrole nitrogens is 1. The maximum Gasteiger partial charge on any atom is 0.251 e. The van der Waals surface area contributed by atoms with Crippen LogP contribution in [0.4, 0.5) is 14.5 Å². The monoisotopic (exact) mass is 255 g/mol. The minimum Gasteiger partial charge on any atom is -0.399 e. The summed E-state index contributed by atoms with van der Waals surface area (Å²) in [6.07, 6.45) is 1.26. The van der Waals surface area contributed by atoms with E-state index in [0.717, 1.165) is 12.1 Å². The zero-order chi connectivity index (χ0) is 12.4. The first-order valence-electron chi connectivity index (χ1n) is 4.54. The fraction of sp³-hybridized carbons (Fsp3) is 0. The van der Waals surface area contributed by atoms with Gasteiger partial charge in [0.05, 0.1) is 4.90 Å². The lowest BCUT2D eigenvalue weighted by molar-refractivity contribution is 0.541. The van der Waals surface area contributed by atoms with Crippen LogP contribution in [0.15, 0.2) is 39.2 Å². The maximum absolute atomic E-state index is 13.4. The Morgan fingerprint density at radius 2 is 1.94 bits per heavy atom. The number of nitrogens with zero attached hydrogens (tertiary/aromatic N) is 1. The first-order valence-corrected chi connectivity index (χ1v) is 5.35. The van der Waals surface area contributed by atoms with E-state index in [-0.39, 0.29) is 15.7 Å². The highest BCUT2D eigenvalue weighted by Crippen LogP contribution is 2.30. The lowest BCUT2D eigenvalue weighted by Crippen LogP contribution is -2.05. The molecule has 0 aliphatic carbocycles. The summed E-state index contributed by atoms with van der Waals surface area (Å²) in [4.78, 5) is 16.9. The van der Waals surface area contributed by atoms with E-state index in [0.29, 0.717) is 11.8 Å². The molecule has 0 unspecified atom stereocenters. The number of hydrogen-bond acceptors (Lipinski definition) is 4. The van der Waals surface area contributed by atoms with Crippen molar-refractivity contribution < 1.29 is 8.78 Å². The van der Waals surface area contributed by atoms with Gasteiger partial charge >= 0.3 is 0 Å². The van der Waals surface area contributed by atoms with Gasteiger partial charge in [0.1, 0.15) is 11.6 Å². The van der Waals surface area contributed by atoms with Gasteiger partial charge in [-0.05, 0) is 23.9 Å². The second kappa shape index (κ2) is 4.54.